The molecular weight excluding hydrogens is 1030 g/mol. The molecule has 9 rings (SSSR count). The summed E-state index contributed by atoms with van der Waals surface area (Å²) in [6.07, 6.45) is 6.69. The van der Waals surface area contributed by atoms with Gasteiger partial charge < -0.3 is 35.4 Å². The normalized spacial score (nSPS) is 17.1. The number of aryl methyl sites for hydroxylation is 1. The molecule has 4 N–H and O–H groups in total. The molecule has 2 atom stereocenters. The van der Waals surface area contributed by atoms with Crippen LogP contribution in [0.25, 0.3) is 10.9 Å². The van der Waals surface area contributed by atoms with Gasteiger partial charge in [0.1, 0.15) is 52.0 Å². The van der Waals surface area contributed by atoms with E-state index in [0.29, 0.717) is 123 Å². The third-order valence-corrected chi connectivity index (χ3v) is 18.1. The number of sulfone groups is 1. The Balaban J connectivity index is 0.788. The van der Waals surface area contributed by atoms with E-state index in [1.165, 1.54) is 54.3 Å². The predicted molar refractivity (Wildman–Crippen MR) is 288 cm³/mol. The van der Waals surface area contributed by atoms with Crippen LogP contribution in [0.1, 0.15) is 95.2 Å². The Morgan fingerprint density at radius 2 is 1.64 bits per heavy atom. The van der Waals surface area contributed by atoms with Crippen LogP contribution in [0.2, 0.25) is 0 Å². The second-order valence-electron chi connectivity index (χ2n) is 20.5. The Kier molecular flexibility index (Phi) is 16.0. The lowest BCUT2D eigenvalue weighted by atomic mass is 9.88. The van der Waals surface area contributed by atoms with E-state index in [1.807, 2.05) is 18.7 Å². The van der Waals surface area contributed by atoms with E-state index in [-0.39, 0.29) is 52.2 Å². The molecule has 3 saturated heterocycles. The summed E-state index contributed by atoms with van der Waals surface area (Å²) in [4.78, 5) is 85.3. The number of amides is 3. The summed E-state index contributed by atoms with van der Waals surface area (Å²) in [5.41, 5.74) is 3.27. The van der Waals surface area contributed by atoms with Crippen LogP contribution < -0.4 is 25.6 Å². The van der Waals surface area contributed by atoms with Gasteiger partial charge in [-0.25, -0.2) is 37.7 Å². The Hall–Kier alpha value is -7.44. The number of rotatable bonds is 17. The quantitative estimate of drug-likeness (QED) is 0.0646. The molecule has 406 valence electrons. The molecule has 7 heterocycles. The van der Waals surface area contributed by atoms with Gasteiger partial charge in [0, 0.05) is 105 Å². The number of hydrogen-bond acceptors (Lipinski definition) is 18. The second-order valence-corrected chi connectivity index (χ2v) is 24.0. The number of nitrogens with one attached hydrogen (secondary N) is 4. The molecule has 0 unspecified atom stereocenters. The van der Waals surface area contributed by atoms with Crippen LogP contribution >= 0.6 is 11.3 Å². The molecule has 0 bridgehead atoms. The van der Waals surface area contributed by atoms with E-state index < -0.39 is 38.4 Å². The molecule has 0 radical (unpaired) electrons. The number of fused-ring (bicyclic) bond motifs is 1. The summed E-state index contributed by atoms with van der Waals surface area (Å²) in [6.45, 7) is 17.0. The number of piperazine rings is 1. The van der Waals surface area contributed by atoms with E-state index in [0.717, 1.165) is 11.3 Å². The number of ether oxygens (including phenoxy) is 1. The van der Waals surface area contributed by atoms with Crippen molar-refractivity contribution in [3.63, 3.8) is 0 Å². The van der Waals surface area contributed by atoms with Gasteiger partial charge in [0.15, 0.2) is 15.7 Å². The van der Waals surface area contributed by atoms with Crippen LogP contribution in [-0.4, -0.2) is 159 Å². The Morgan fingerprint density at radius 3 is 2.30 bits per heavy atom. The van der Waals surface area contributed by atoms with Gasteiger partial charge in [-0.2, -0.15) is 5.10 Å². The van der Waals surface area contributed by atoms with Crippen molar-refractivity contribution in [3.8, 4) is 5.75 Å². The number of hydrogen-bond donors (Lipinski definition) is 4. The van der Waals surface area contributed by atoms with Crippen LogP contribution in [0.15, 0.2) is 77.7 Å². The molecule has 4 aromatic heterocycles. The largest absolute Gasteiger partial charge is 0.491 e. The fourth-order valence-corrected chi connectivity index (χ4v) is 11.9. The SMILES string of the molecule is C=C(NC)C(=O)N[C@H](C(=O)N1CCC[C@H]1c1nc(C(=O)c2ccc(F)cc2)cs1)C1CCN(C(=O)c2cnc(N3CCN(CCOc4cc5ncnc(Nc6n[nH]c(C)c6C)c5cc4S(=O)(=O)C(C)(C)C)CC3)nc2)CC1. The zero-order valence-corrected chi connectivity index (χ0v) is 45.6. The maximum atomic E-state index is 14.5. The van der Waals surface area contributed by atoms with Crippen LogP contribution in [-0.2, 0) is 19.4 Å². The molecule has 3 fully saturated rings. The summed E-state index contributed by atoms with van der Waals surface area (Å²) in [5.74, 6) is -0.404. The zero-order valence-electron chi connectivity index (χ0n) is 43.9. The molecule has 3 aliphatic heterocycles. The summed E-state index contributed by atoms with van der Waals surface area (Å²) in [7, 11) is -2.29. The molecule has 2 aromatic carbocycles. The van der Waals surface area contributed by atoms with E-state index in [1.54, 1.807) is 55.1 Å². The van der Waals surface area contributed by atoms with Crippen LogP contribution in [0.5, 0.6) is 5.75 Å². The number of thiazole rings is 1. The minimum absolute atomic E-state index is 0.0505. The Bertz CT molecular complexity index is 3290. The van der Waals surface area contributed by atoms with Gasteiger partial charge in [-0.05, 0) is 96.6 Å². The molecule has 24 heteroatoms. The standard InChI is InChI=1S/C53H63FN14O7S2/c1-31-32(2)63-64-46(31)62-47-38-25-43(77(73,74)53(4,5)6)42(26-39(38)58-30-59-47)75-24-23-65-19-21-67(22-20-65)52-56-27-36(28-57-52)50(71)66-17-14-34(15-18-66)44(61-48(70)33(3)55-7)51(72)68-16-8-9-41(68)49-60-40(29-76-49)45(69)35-10-12-37(54)13-11-35/h10-13,25-30,34,41,44,55H,3,8-9,14-24H2,1-2,4-7H3,(H,61,70)(H2,58,59,62,63,64)/t41-,44-/m0/s1. The Morgan fingerprint density at radius 1 is 0.922 bits per heavy atom. The fraction of sp³-hybridized carbons (Fsp3) is 0.434. The van der Waals surface area contributed by atoms with Crippen molar-refractivity contribution in [3.05, 3.63) is 112 Å². The number of aromatic nitrogens is 7. The topological polar surface area (TPSA) is 254 Å². The highest BCUT2D eigenvalue weighted by atomic mass is 32.2. The summed E-state index contributed by atoms with van der Waals surface area (Å²) < 4.78 is 46.7. The van der Waals surface area contributed by atoms with Gasteiger partial charge in [-0.3, -0.25) is 29.2 Å². The Labute approximate surface area is 450 Å². The summed E-state index contributed by atoms with van der Waals surface area (Å²) in [6, 6.07) is 7.18. The molecule has 6 aromatic rings. The molecule has 0 spiro atoms. The highest BCUT2D eigenvalue weighted by Crippen LogP contribution is 2.39. The molecular formula is C53H63FN14O7S2. The number of benzene rings is 2. The lowest BCUT2D eigenvalue weighted by Crippen LogP contribution is -2.55. The first-order chi connectivity index (χ1) is 36.8. The number of carbonyl (C=O) groups excluding carboxylic acids is 4. The van der Waals surface area contributed by atoms with Crippen molar-refractivity contribution >= 4 is 73.2 Å². The number of carbonyl (C=O) groups is 4. The molecule has 3 amide bonds. The van der Waals surface area contributed by atoms with Crippen molar-refractivity contribution in [2.24, 2.45) is 5.92 Å². The van der Waals surface area contributed by atoms with E-state index in [2.05, 4.69) is 62.5 Å². The monoisotopic (exact) mass is 1090 g/mol. The maximum absolute atomic E-state index is 14.5. The van der Waals surface area contributed by atoms with Gasteiger partial charge in [-0.1, -0.05) is 6.58 Å². The van der Waals surface area contributed by atoms with Gasteiger partial charge >= 0.3 is 0 Å². The minimum atomic E-state index is -3.87. The lowest BCUT2D eigenvalue weighted by molar-refractivity contribution is -0.138. The number of likely N-dealkylation sites (N-methyl/N-ethyl adjacent to an activating group) is 1. The molecule has 21 nitrogen and oxygen atoms in total. The number of H-pyrrole nitrogens is 1. The minimum Gasteiger partial charge on any atom is -0.491 e. The first kappa shape index (κ1) is 54.4. The zero-order chi connectivity index (χ0) is 54.8. The number of nitrogens with zero attached hydrogens (tertiary/aromatic N) is 10. The molecule has 3 aliphatic rings. The number of halogens is 1. The summed E-state index contributed by atoms with van der Waals surface area (Å²) in [5, 5.41) is 19.0. The molecule has 77 heavy (non-hydrogen) atoms. The number of ketones is 1. The average Bonchev–Trinajstić information content (AvgIpc) is 4.24. The lowest BCUT2D eigenvalue weighted by Gasteiger charge is -2.38. The first-order valence-corrected chi connectivity index (χ1v) is 27.9. The highest BCUT2D eigenvalue weighted by Gasteiger charge is 2.42. The van der Waals surface area contributed by atoms with Crippen molar-refractivity contribution in [1.29, 1.82) is 0 Å². The third kappa shape index (κ3) is 11.6. The molecule has 0 aliphatic carbocycles. The predicted octanol–water partition coefficient (Wildman–Crippen LogP) is 5.54. The number of aromatic amines is 1. The summed E-state index contributed by atoms with van der Waals surface area (Å²) >= 11 is 1.28. The number of piperidine rings is 1. The smallest absolute Gasteiger partial charge is 0.267 e. The van der Waals surface area contributed by atoms with Crippen molar-refractivity contribution in [2.75, 3.05) is 76.2 Å². The van der Waals surface area contributed by atoms with Gasteiger partial charge in [0.05, 0.1) is 27.6 Å². The van der Waals surface area contributed by atoms with Gasteiger partial charge in [0.25, 0.3) is 11.8 Å². The fourth-order valence-electron chi connectivity index (χ4n) is 9.69. The van der Waals surface area contributed by atoms with E-state index in [4.69, 9.17) is 4.74 Å². The first-order valence-electron chi connectivity index (χ1n) is 25.6. The van der Waals surface area contributed by atoms with Crippen molar-refractivity contribution in [2.45, 2.75) is 82.0 Å². The van der Waals surface area contributed by atoms with E-state index in [9.17, 15) is 32.0 Å². The number of likely N-dealkylation sites (tertiary alicyclic amines) is 2. The van der Waals surface area contributed by atoms with Gasteiger partial charge in [-0.15, -0.1) is 11.3 Å². The number of anilines is 3. The van der Waals surface area contributed by atoms with Gasteiger partial charge in [0.2, 0.25) is 17.6 Å². The van der Waals surface area contributed by atoms with Crippen LogP contribution in [0.3, 0.4) is 0 Å². The molecule has 0 saturated carbocycles. The van der Waals surface area contributed by atoms with Crippen LogP contribution in [0.4, 0.5) is 22.0 Å². The maximum Gasteiger partial charge on any atom is 0.267 e. The van der Waals surface area contributed by atoms with Crippen LogP contribution in [0, 0.1) is 25.6 Å². The average molecular weight is 1090 g/mol. The van der Waals surface area contributed by atoms with Crippen molar-refractivity contribution < 1.29 is 36.7 Å². The highest BCUT2D eigenvalue weighted by molar-refractivity contribution is 7.92. The van der Waals surface area contributed by atoms with Crippen molar-refractivity contribution in [1.82, 2.24) is 60.5 Å². The second kappa shape index (κ2) is 22.6. The van der Waals surface area contributed by atoms with E-state index >= 15 is 0 Å². The third-order valence-electron chi connectivity index (χ3n) is 14.6.